The van der Waals surface area contributed by atoms with Crippen LogP contribution in [0.4, 0.5) is 5.69 Å². The molecule has 2 nitrogen and oxygen atoms in total. The number of rotatable bonds is 1. The van der Waals surface area contributed by atoms with Crippen molar-refractivity contribution in [3.63, 3.8) is 0 Å². The van der Waals surface area contributed by atoms with Gasteiger partial charge in [-0.25, -0.2) is 0 Å². The Morgan fingerprint density at radius 1 is 1.00 bits per heavy atom. The second-order valence-corrected chi connectivity index (χ2v) is 7.54. The van der Waals surface area contributed by atoms with Crippen molar-refractivity contribution < 1.29 is 4.79 Å². The summed E-state index contributed by atoms with van der Waals surface area (Å²) in [7, 11) is 0. The SMILES string of the molecule is O=C1C[C@@H](c2ccc(Cl)cc2Cl)c2cc(Br)c3ccccc3c2N1. The molecule has 0 saturated heterocycles. The first-order valence-corrected chi connectivity index (χ1v) is 9.05. The van der Waals surface area contributed by atoms with E-state index in [1.807, 2.05) is 36.4 Å². The molecule has 1 aliphatic rings. The highest BCUT2D eigenvalue weighted by Gasteiger charge is 2.29. The van der Waals surface area contributed by atoms with Crippen LogP contribution in [0.3, 0.4) is 0 Å². The van der Waals surface area contributed by atoms with E-state index in [-0.39, 0.29) is 11.8 Å². The first kappa shape index (κ1) is 15.9. The normalized spacial score (nSPS) is 16.8. The second-order valence-electron chi connectivity index (χ2n) is 5.84. The van der Waals surface area contributed by atoms with Gasteiger partial charge in [-0.05, 0) is 34.7 Å². The maximum Gasteiger partial charge on any atom is 0.225 e. The predicted molar refractivity (Wildman–Crippen MR) is 103 cm³/mol. The first-order chi connectivity index (χ1) is 11.5. The summed E-state index contributed by atoms with van der Waals surface area (Å²) >= 11 is 16.1. The van der Waals surface area contributed by atoms with E-state index in [9.17, 15) is 4.79 Å². The first-order valence-electron chi connectivity index (χ1n) is 7.50. The van der Waals surface area contributed by atoms with Crippen molar-refractivity contribution in [2.24, 2.45) is 0 Å². The fraction of sp³-hybridized carbons (Fsp3) is 0.105. The number of halogens is 3. The minimum atomic E-state index is -0.0978. The lowest BCUT2D eigenvalue weighted by atomic mass is 9.83. The highest BCUT2D eigenvalue weighted by molar-refractivity contribution is 9.10. The number of benzene rings is 3. The molecular weight excluding hydrogens is 409 g/mol. The van der Waals surface area contributed by atoms with Gasteiger partial charge in [-0.2, -0.15) is 0 Å². The number of anilines is 1. The van der Waals surface area contributed by atoms with Gasteiger partial charge in [0.2, 0.25) is 5.91 Å². The lowest BCUT2D eigenvalue weighted by molar-refractivity contribution is -0.116. The van der Waals surface area contributed by atoms with Crippen molar-refractivity contribution in [2.45, 2.75) is 12.3 Å². The Morgan fingerprint density at radius 2 is 1.75 bits per heavy atom. The summed E-state index contributed by atoms with van der Waals surface area (Å²) in [6, 6.07) is 15.5. The van der Waals surface area contributed by atoms with E-state index in [0.717, 1.165) is 32.1 Å². The van der Waals surface area contributed by atoms with Crippen LogP contribution in [0.1, 0.15) is 23.5 Å². The molecule has 1 N–H and O–H groups in total. The average molecular weight is 421 g/mol. The number of amides is 1. The maximum absolute atomic E-state index is 12.3. The summed E-state index contributed by atoms with van der Waals surface area (Å²) in [6.45, 7) is 0. The van der Waals surface area contributed by atoms with E-state index in [1.165, 1.54) is 0 Å². The van der Waals surface area contributed by atoms with Crippen LogP contribution in [0.15, 0.2) is 53.0 Å². The van der Waals surface area contributed by atoms with Gasteiger partial charge in [0.15, 0.2) is 0 Å². The molecule has 1 atom stereocenters. The maximum atomic E-state index is 12.3. The van der Waals surface area contributed by atoms with Gasteiger partial charge in [0.25, 0.3) is 0 Å². The molecule has 1 heterocycles. The van der Waals surface area contributed by atoms with Crippen LogP contribution in [-0.4, -0.2) is 5.91 Å². The van der Waals surface area contributed by atoms with Gasteiger partial charge in [-0.15, -0.1) is 0 Å². The van der Waals surface area contributed by atoms with Gasteiger partial charge < -0.3 is 5.32 Å². The molecule has 0 aromatic heterocycles. The summed E-state index contributed by atoms with van der Waals surface area (Å²) in [5, 5.41) is 6.29. The molecule has 120 valence electrons. The molecule has 0 radical (unpaired) electrons. The van der Waals surface area contributed by atoms with Crippen molar-refractivity contribution in [3.05, 3.63) is 74.2 Å². The van der Waals surface area contributed by atoms with Gasteiger partial charge in [-0.1, -0.05) is 69.5 Å². The molecule has 1 amide bonds. The summed E-state index contributed by atoms with van der Waals surface area (Å²) in [5.74, 6) is -0.106. The van der Waals surface area contributed by atoms with Crippen LogP contribution in [0.25, 0.3) is 10.8 Å². The molecule has 24 heavy (non-hydrogen) atoms. The lowest BCUT2D eigenvalue weighted by Crippen LogP contribution is -2.24. The summed E-state index contributed by atoms with van der Waals surface area (Å²) in [4.78, 5) is 12.3. The zero-order chi connectivity index (χ0) is 16.8. The quantitative estimate of drug-likeness (QED) is 0.485. The van der Waals surface area contributed by atoms with Gasteiger partial charge in [0.1, 0.15) is 0 Å². The zero-order valence-corrected chi connectivity index (χ0v) is 15.5. The third kappa shape index (κ3) is 2.61. The largest absolute Gasteiger partial charge is 0.325 e. The lowest BCUT2D eigenvalue weighted by Gasteiger charge is -2.28. The molecule has 4 rings (SSSR count). The third-order valence-corrected chi connectivity index (χ3v) is 5.61. The van der Waals surface area contributed by atoms with Crippen LogP contribution in [-0.2, 0) is 4.79 Å². The molecule has 0 bridgehead atoms. The van der Waals surface area contributed by atoms with E-state index >= 15 is 0 Å². The predicted octanol–water partition coefficient (Wildman–Crippen LogP) is 6.38. The molecule has 1 aliphatic heterocycles. The monoisotopic (exact) mass is 419 g/mol. The highest BCUT2D eigenvalue weighted by atomic mass is 79.9. The van der Waals surface area contributed by atoms with Gasteiger partial charge >= 0.3 is 0 Å². The molecule has 0 fully saturated rings. The molecule has 0 spiro atoms. The van der Waals surface area contributed by atoms with E-state index in [4.69, 9.17) is 23.2 Å². The Hall–Kier alpha value is -1.55. The van der Waals surface area contributed by atoms with Crippen molar-refractivity contribution in [1.29, 1.82) is 0 Å². The fourth-order valence-electron chi connectivity index (χ4n) is 3.31. The van der Waals surface area contributed by atoms with Crippen molar-refractivity contribution in [1.82, 2.24) is 0 Å². The molecule has 3 aromatic rings. The number of hydrogen-bond donors (Lipinski definition) is 1. The van der Waals surface area contributed by atoms with Crippen LogP contribution >= 0.6 is 39.1 Å². The average Bonchev–Trinajstić information content (AvgIpc) is 2.56. The van der Waals surface area contributed by atoms with E-state index in [0.29, 0.717) is 16.5 Å². The molecule has 0 aliphatic carbocycles. The molecule has 3 aromatic carbocycles. The smallest absolute Gasteiger partial charge is 0.225 e. The van der Waals surface area contributed by atoms with E-state index < -0.39 is 0 Å². The van der Waals surface area contributed by atoms with Crippen molar-refractivity contribution >= 4 is 61.5 Å². The number of carbonyl (C=O) groups excluding carboxylic acids is 1. The topological polar surface area (TPSA) is 29.1 Å². The Bertz CT molecular complexity index is 987. The van der Waals surface area contributed by atoms with E-state index in [2.05, 4.69) is 27.3 Å². The van der Waals surface area contributed by atoms with Crippen molar-refractivity contribution in [2.75, 3.05) is 5.32 Å². The minimum Gasteiger partial charge on any atom is -0.325 e. The van der Waals surface area contributed by atoms with E-state index in [1.54, 1.807) is 6.07 Å². The van der Waals surface area contributed by atoms with Gasteiger partial charge in [0, 0.05) is 32.2 Å². The number of hydrogen-bond acceptors (Lipinski definition) is 1. The fourth-order valence-corrected chi connectivity index (χ4v) is 4.45. The Kier molecular flexibility index (Phi) is 4.03. The minimum absolute atomic E-state index is 0.00834. The van der Waals surface area contributed by atoms with Crippen LogP contribution in [0.2, 0.25) is 10.0 Å². The van der Waals surface area contributed by atoms with Gasteiger partial charge in [-0.3, -0.25) is 4.79 Å². The van der Waals surface area contributed by atoms with Crippen LogP contribution in [0, 0.1) is 0 Å². The number of carbonyl (C=O) groups is 1. The second kappa shape index (κ2) is 6.07. The van der Waals surface area contributed by atoms with Crippen LogP contribution < -0.4 is 5.32 Å². The highest BCUT2D eigenvalue weighted by Crippen LogP contribution is 2.45. The Morgan fingerprint density at radius 3 is 2.50 bits per heavy atom. The van der Waals surface area contributed by atoms with Gasteiger partial charge in [0.05, 0.1) is 5.69 Å². The molecular formula is C19H12BrCl2NO. The third-order valence-electron chi connectivity index (χ3n) is 4.39. The standard InChI is InChI=1S/C19H12BrCl2NO/c20-16-8-15-14(12-6-5-10(21)7-17(12)22)9-18(24)23-19(15)13-4-2-1-3-11(13)16/h1-8,14H,9H2,(H,23,24)/t14-/m0/s1. The molecule has 0 unspecified atom stereocenters. The Labute approximate surface area is 157 Å². The summed E-state index contributed by atoms with van der Waals surface area (Å²) < 4.78 is 1.00. The van der Waals surface area contributed by atoms with Crippen LogP contribution in [0.5, 0.6) is 0 Å². The summed E-state index contributed by atoms with van der Waals surface area (Å²) in [5.41, 5.74) is 2.84. The Balaban J connectivity index is 1.99. The van der Waals surface area contributed by atoms with Crippen molar-refractivity contribution in [3.8, 4) is 0 Å². The number of nitrogens with one attached hydrogen (secondary N) is 1. The summed E-state index contributed by atoms with van der Waals surface area (Å²) in [6.07, 6.45) is 0.360. The zero-order valence-electron chi connectivity index (χ0n) is 12.4. The molecule has 5 heteroatoms. The molecule has 0 saturated carbocycles. The number of fused-ring (bicyclic) bond motifs is 3.